The number of esters is 1. The third-order valence-electron chi connectivity index (χ3n) is 5.92. The Bertz CT molecular complexity index is 1350. The first-order valence-electron chi connectivity index (χ1n) is 11.1. The number of hydrogen-bond acceptors (Lipinski definition) is 7. The molecule has 10 heteroatoms. The van der Waals surface area contributed by atoms with Crippen molar-refractivity contribution in [3.63, 3.8) is 0 Å². The fraction of sp³-hybridized carbons (Fsp3) is 0.333. The number of aromatic nitrogens is 5. The molecule has 0 saturated heterocycles. The number of fused-ring (bicyclic) bond motifs is 1. The van der Waals surface area contributed by atoms with Gasteiger partial charge in [0.05, 0.1) is 28.7 Å². The number of halogens is 1. The maximum absolute atomic E-state index is 13.4. The number of phenolic OH excluding ortho intramolecular Hbond substituents is 1. The molecule has 1 fully saturated rings. The molecule has 0 unspecified atom stereocenters. The molecule has 5 rings (SSSR count). The number of carbonyl (C=O) groups excluding carboxylic acids is 1. The van der Waals surface area contributed by atoms with Crippen LogP contribution in [0.5, 0.6) is 5.75 Å². The first-order chi connectivity index (χ1) is 16.5. The van der Waals surface area contributed by atoms with Crippen LogP contribution in [0.3, 0.4) is 0 Å². The van der Waals surface area contributed by atoms with Crippen LogP contribution >= 0.6 is 27.7 Å². The summed E-state index contributed by atoms with van der Waals surface area (Å²) in [5.74, 6) is 0.288. The highest BCUT2D eigenvalue weighted by molar-refractivity contribution is 9.10. The minimum Gasteiger partial charge on any atom is -0.506 e. The van der Waals surface area contributed by atoms with Gasteiger partial charge in [0.2, 0.25) is 0 Å². The number of aromatic hydroxyl groups is 1. The molecule has 8 nitrogen and oxygen atoms in total. The molecular formula is C24H24BrN5O3S. The predicted molar refractivity (Wildman–Crippen MR) is 133 cm³/mol. The molecular weight excluding hydrogens is 518 g/mol. The lowest BCUT2D eigenvalue weighted by Crippen LogP contribution is -2.10. The van der Waals surface area contributed by atoms with E-state index in [0.29, 0.717) is 32.8 Å². The number of carbonyl (C=O) groups is 1. The molecule has 0 bridgehead atoms. The zero-order chi connectivity index (χ0) is 23.8. The van der Waals surface area contributed by atoms with Gasteiger partial charge in [-0.15, -0.1) is 16.9 Å². The van der Waals surface area contributed by atoms with Gasteiger partial charge in [-0.2, -0.15) is 0 Å². The van der Waals surface area contributed by atoms with Crippen LogP contribution in [0, 0.1) is 6.92 Å². The van der Waals surface area contributed by atoms with E-state index in [9.17, 15) is 9.90 Å². The lowest BCUT2D eigenvalue weighted by molar-refractivity contribution is 0.0527. The van der Waals surface area contributed by atoms with Crippen molar-refractivity contribution in [2.24, 2.45) is 0 Å². The van der Waals surface area contributed by atoms with Crippen LogP contribution in [0.1, 0.15) is 53.0 Å². The fourth-order valence-corrected chi connectivity index (χ4v) is 5.60. The van der Waals surface area contributed by atoms with E-state index in [2.05, 4.69) is 67.2 Å². The van der Waals surface area contributed by atoms with Gasteiger partial charge >= 0.3 is 5.97 Å². The van der Waals surface area contributed by atoms with E-state index in [1.54, 1.807) is 18.7 Å². The third-order valence-corrected chi connectivity index (χ3v) is 7.55. The molecule has 34 heavy (non-hydrogen) atoms. The number of tetrazole rings is 1. The molecule has 0 aliphatic heterocycles. The van der Waals surface area contributed by atoms with Crippen LogP contribution < -0.4 is 0 Å². The zero-order valence-electron chi connectivity index (χ0n) is 18.9. The summed E-state index contributed by atoms with van der Waals surface area (Å²) in [5.41, 5.74) is 4.11. The topological polar surface area (TPSA) is 95.1 Å². The average Bonchev–Trinajstić information content (AvgIpc) is 3.42. The van der Waals surface area contributed by atoms with Crippen LogP contribution in [0.25, 0.3) is 10.9 Å². The van der Waals surface area contributed by atoms with Crippen molar-refractivity contribution in [3.05, 3.63) is 63.5 Å². The lowest BCUT2D eigenvalue weighted by Gasteiger charge is -2.12. The molecule has 1 saturated carbocycles. The van der Waals surface area contributed by atoms with Crippen LogP contribution in [-0.2, 0) is 17.0 Å². The molecule has 2 heterocycles. The molecule has 1 aliphatic rings. The van der Waals surface area contributed by atoms with Crippen LogP contribution in [-0.4, -0.2) is 42.5 Å². The number of nitrogens with zero attached hydrogens (tertiary/aromatic N) is 5. The van der Waals surface area contributed by atoms with Crippen LogP contribution in [0.4, 0.5) is 0 Å². The van der Waals surface area contributed by atoms with Crippen molar-refractivity contribution < 1.29 is 14.6 Å². The third kappa shape index (κ3) is 4.32. The first kappa shape index (κ1) is 22.9. The van der Waals surface area contributed by atoms with E-state index in [1.807, 2.05) is 6.07 Å². The highest BCUT2D eigenvalue weighted by Crippen LogP contribution is 2.47. The summed E-state index contributed by atoms with van der Waals surface area (Å²) in [6, 6.07) is 10.6. The molecule has 0 radical (unpaired) electrons. The Morgan fingerprint density at radius 3 is 2.71 bits per heavy atom. The van der Waals surface area contributed by atoms with Gasteiger partial charge < -0.3 is 14.4 Å². The first-order valence-corrected chi connectivity index (χ1v) is 12.9. The molecule has 2 aromatic carbocycles. The summed E-state index contributed by atoms with van der Waals surface area (Å²) < 4.78 is 9.87. The van der Waals surface area contributed by atoms with Gasteiger partial charge in [-0.1, -0.05) is 17.7 Å². The Labute approximate surface area is 209 Å². The van der Waals surface area contributed by atoms with Crippen molar-refractivity contribution in [1.29, 1.82) is 0 Å². The van der Waals surface area contributed by atoms with Gasteiger partial charge in [-0.25, -0.2) is 9.48 Å². The Morgan fingerprint density at radius 2 is 2.06 bits per heavy atom. The van der Waals surface area contributed by atoms with E-state index in [-0.39, 0.29) is 24.9 Å². The number of hydrogen-bond donors (Lipinski definition) is 1. The molecule has 0 spiro atoms. The van der Waals surface area contributed by atoms with Crippen molar-refractivity contribution >= 4 is 44.6 Å². The van der Waals surface area contributed by atoms with E-state index in [1.165, 1.54) is 16.6 Å². The maximum Gasteiger partial charge on any atom is 0.340 e. The number of benzene rings is 2. The van der Waals surface area contributed by atoms with Gasteiger partial charge in [0.1, 0.15) is 12.1 Å². The summed E-state index contributed by atoms with van der Waals surface area (Å²) in [5, 5.41) is 23.1. The average molecular weight is 542 g/mol. The Balaban J connectivity index is 1.71. The molecule has 2 aromatic heterocycles. The maximum atomic E-state index is 13.4. The lowest BCUT2D eigenvalue weighted by atomic mass is 10.0. The van der Waals surface area contributed by atoms with Crippen molar-refractivity contribution in [2.45, 2.75) is 49.9 Å². The predicted octanol–water partition coefficient (Wildman–Crippen LogP) is 5.26. The van der Waals surface area contributed by atoms with Crippen molar-refractivity contribution in [1.82, 2.24) is 24.8 Å². The van der Waals surface area contributed by atoms with Gasteiger partial charge in [0, 0.05) is 33.3 Å². The standard InChI is InChI=1S/C24H24BrN5O3S/c1-3-33-24(32)22-20(12-34-16-8-4-14(2)5-9-16)30(15-6-7-15)19-10-18(25)23(31)17(21(19)22)11-29-13-26-27-28-29/h4-5,8-10,13,15,31H,3,6-7,11-12H2,1-2H3. The van der Waals surface area contributed by atoms with Gasteiger partial charge in [0.25, 0.3) is 0 Å². The van der Waals surface area contributed by atoms with E-state index in [0.717, 1.165) is 28.9 Å². The second-order valence-electron chi connectivity index (χ2n) is 8.33. The minimum atomic E-state index is -0.383. The molecule has 1 aliphatic carbocycles. The Morgan fingerprint density at radius 1 is 1.29 bits per heavy atom. The number of phenols is 1. The summed E-state index contributed by atoms with van der Waals surface area (Å²) in [6.45, 7) is 4.36. The van der Waals surface area contributed by atoms with Gasteiger partial charge in [-0.05, 0) is 71.2 Å². The Kier molecular flexibility index (Phi) is 6.35. The smallest absolute Gasteiger partial charge is 0.340 e. The summed E-state index contributed by atoms with van der Waals surface area (Å²) in [6.07, 6.45) is 3.59. The molecule has 1 N–H and O–H groups in total. The Hall–Kier alpha value is -2.85. The SMILES string of the molecule is CCOC(=O)c1c(CSc2ccc(C)cc2)n(C2CC2)c2cc(Br)c(O)c(Cn3cnnn3)c12. The van der Waals surface area contributed by atoms with E-state index in [4.69, 9.17) is 4.74 Å². The van der Waals surface area contributed by atoms with Crippen molar-refractivity contribution in [2.75, 3.05) is 6.61 Å². The highest BCUT2D eigenvalue weighted by Gasteiger charge is 2.34. The number of ether oxygens (including phenoxy) is 1. The summed E-state index contributed by atoms with van der Waals surface area (Å²) in [4.78, 5) is 14.5. The normalized spacial score (nSPS) is 13.5. The molecule has 176 valence electrons. The second-order valence-corrected chi connectivity index (χ2v) is 10.2. The summed E-state index contributed by atoms with van der Waals surface area (Å²) >= 11 is 5.20. The minimum absolute atomic E-state index is 0.0687. The number of rotatable bonds is 8. The fourth-order valence-electron chi connectivity index (χ4n) is 4.23. The largest absolute Gasteiger partial charge is 0.506 e. The van der Waals surface area contributed by atoms with Gasteiger partial charge in [-0.3, -0.25) is 0 Å². The van der Waals surface area contributed by atoms with E-state index < -0.39 is 0 Å². The van der Waals surface area contributed by atoms with Crippen LogP contribution in [0.2, 0.25) is 0 Å². The second kappa shape index (κ2) is 9.42. The molecule has 0 amide bonds. The summed E-state index contributed by atoms with van der Waals surface area (Å²) in [7, 11) is 0. The van der Waals surface area contributed by atoms with Crippen LogP contribution in [0.15, 0.2) is 46.0 Å². The number of thioether (sulfide) groups is 1. The monoisotopic (exact) mass is 541 g/mol. The van der Waals surface area contributed by atoms with Gasteiger partial charge in [0.15, 0.2) is 0 Å². The molecule has 4 aromatic rings. The molecule has 0 atom stereocenters. The quantitative estimate of drug-likeness (QED) is 0.240. The zero-order valence-corrected chi connectivity index (χ0v) is 21.3. The number of aryl methyl sites for hydroxylation is 1. The van der Waals surface area contributed by atoms with Crippen molar-refractivity contribution in [3.8, 4) is 5.75 Å². The van der Waals surface area contributed by atoms with E-state index >= 15 is 0 Å². The highest BCUT2D eigenvalue weighted by atomic mass is 79.9.